The topological polar surface area (TPSA) is 32.3 Å². The zero-order valence-corrected chi connectivity index (χ0v) is 13.9. The molecule has 0 spiro atoms. The second kappa shape index (κ2) is 6.53. The van der Waals surface area contributed by atoms with Gasteiger partial charge in [0.25, 0.3) is 0 Å². The van der Waals surface area contributed by atoms with Crippen molar-refractivity contribution in [2.24, 2.45) is 0 Å². The number of amides is 1. The number of para-hydroxylation sites is 1. The summed E-state index contributed by atoms with van der Waals surface area (Å²) in [4.78, 5) is 15.9. The largest absolute Gasteiger partial charge is 0.359 e. The van der Waals surface area contributed by atoms with Gasteiger partial charge in [0.2, 0.25) is 5.91 Å². The van der Waals surface area contributed by atoms with Crippen LogP contribution in [0, 0.1) is 0 Å². The van der Waals surface area contributed by atoms with Gasteiger partial charge >= 0.3 is 0 Å². The summed E-state index contributed by atoms with van der Waals surface area (Å²) in [5.41, 5.74) is 2.56. The van der Waals surface area contributed by atoms with Crippen LogP contribution in [0.1, 0.15) is 36.8 Å². The van der Waals surface area contributed by atoms with E-state index in [1.54, 1.807) is 11.3 Å². The number of benzene rings is 1. The number of nitrogens with one attached hydrogen (secondary N) is 1. The van der Waals surface area contributed by atoms with E-state index < -0.39 is 0 Å². The Bertz CT molecular complexity index is 638. The van der Waals surface area contributed by atoms with Gasteiger partial charge in [-0.1, -0.05) is 24.3 Å². The Hall–Kier alpha value is -1.81. The first-order valence-corrected chi connectivity index (χ1v) is 8.70. The molecule has 0 aliphatic carbocycles. The quantitative estimate of drug-likeness (QED) is 0.932. The first kappa shape index (κ1) is 15.1. The fourth-order valence-electron chi connectivity index (χ4n) is 3.05. The normalized spacial score (nSPS) is 18.6. The number of hydrogen-bond acceptors (Lipinski definition) is 3. The van der Waals surface area contributed by atoms with Crippen LogP contribution in [-0.4, -0.2) is 18.5 Å². The summed E-state index contributed by atoms with van der Waals surface area (Å²) in [5.74, 6) is 0.0875. The van der Waals surface area contributed by atoms with E-state index in [0.29, 0.717) is 12.6 Å². The molecule has 4 heteroatoms. The van der Waals surface area contributed by atoms with Crippen molar-refractivity contribution in [3.05, 3.63) is 52.2 Å². The second-order valence-corrected chi connectivity index (χ2v) is 6.93. The molecule has 1 N–H and O–H groups in total. The first-order chi connectivity index (χ1) is 10.6. The van der Waals surface area contributed by atoms with Crippen LogP contribution in [0.5, 0.6) is 0 Å². The summed E-state index contributed by atoms with van der Waals surface area (Å²) in [5, 5.41) is 5.15. The summed E-state index contributed by atoms with van der Waals surface area (Å²) < 4.78 is 0. The third-order valence-corrected chi connectivity index (χ3v) is 5.38. The van der Waals surface area contributed by atoms with Gasteiger partial charge in [-0.2, -0.15) is 0 Å². The zero-order valence-electron chi connectivity index (χ0n) is 13.1. The highest BCUT2D eigenvalue weighted by atomic mass is 32.1. The first-order valence-electron chi connectivity index (χ1n) is 7.82. The number of thiophene rings is 1. The van der Waals surface area contributed by atoms with Crippen molar-refractivity contribution in [2.75, 3.05) is 11.4 Å². The molecule has 2 heterocycles. The average molecular weight is 314 g/mol. The van der Waals surface area contributed by atoms with Crippen LogP contribution in [0.4, 0.5) is 5.69 Å². The molecule has 3 nitrogen and oxygen atoms in total. The summed E-state index contributed by atoms with van der Waals surface area (Å²) >= 11 is 1.68. The molecule has 1 aromatic carbocycles. The van der Waals surface area contributed by atoms with Crippen LogP contribution in [0.2, 0.25) is 0 Å². The lowest BCUT2D eigenvalue weighted by Gasteiger charge is -2.36. The summed E-state index contributed by atoms with van der Waals surface area (Å²) in [6.07, 6.45) is 2.20. The molecular formula is C18H22N2OS. The molecule has 2 aromatic rings. The molecule has 0 saturated carbocycles. The molecular weight excluding hydrogens is 292 g/mol. The van der Waals surface area contributed by atoms with E-state index in [-0.39, 0.29) is 11.9 Å². The molecule has 22 heavy (non-hydrogen) atoms. The minimum atomic E-state index is 0.0721. The lowest BCUT2D eigenvalue weighted by atomic mass is 9.96. The van der Waals surface area contributed by atoms with E-state index in [0.717, 1.165) is 12.8 Å². The van der Waals surface area contributed by atoms with Crippen molar-refractivity contribution in [3.8, 4) is 0 Å². The van der Waals surface area contributed by atoms with Crippen molar-refractivity contribution in [1.29, 1.82) is 0 Å². The number of hydrogen-bond donors (Lipinski definition) is 1. The molecule has 0 bridgehead atoms. The molecule has 1 aliphatic heterocycles. The highest BCUT2D eigenvalue weighted by Gasteiger charge is 2.25. The third-order valence-electron chi connectivity index (χ3n) is 4.33. The number of anilines is 1. The van der Waals surface area contributed by atoms with Gasteiger partial charge in [-0.15, -0.1) is 11.3 Å². The fourth-order valence-corrected chi connectivity index (χ4v) is 3.79. The fraction of sp³-hybridized carbons (Fsp3) is 0.389. The van der Waals surface area contributed by atoms with Crippen molar-refractivity contribution >= 4 is 22.9 Å². The Balaban J connectivity index is 1.68. The van der Waals surface area contributed by atoms with E-state index in [9.17, 15) is 4.79 Å². The van der Waals surface area contributed by atoms with Crippen molar-refractivity contribution < 1.29 is 4.79 Å². The maximum Gasteiger partial charge on any atom is 0.240 e. The minimum absolute atomic E-state index is 0.0721. The van der Waals surface area contributed by atoms with Gasteiger partial charge in [-0.05, 0) is 49.8 Å². The van der Waals surface area contributed by atoms with E-state index in [2.05, 4.69) is 47.5 Å². The van der Waals surface area contributed by atoms with Crippen molar-refractivity contribution in [3.63, 3.8) is 0 Å². The van der Waals surface area contributed by atoms with Crippen LogP contribution in [0.15, 0.2) is 41.8 Å². The summed E-state index contributed by atoms with van der Waals surface area (Å²) in [7, 11) is 0. The number of nitrogens with zero attached hydrogens (tertiary/aromatic N) is 1. The van der Waals surface area contributed by atoms with Crippen molar-refractivity contribution in [2.45, 2.75) is 38.8 Å². The lowest BCUT2D eigenvalue weighted by Crippen LogP contribution is -2.44. The maximum atomic E-state index is 12.4. The molecule has 3 rings (SSSR count). The number of aryl methyl sites for hydroxylation is 1. The Kier molecular flexibility index (Phi) is 4.48. The Morgan fingerprint density at radius 1 is 1.36 bits per heavy atom. The number of carbonyl (C=O) groups is 1. The average Bonchev–Trinajstić information content (AvgIpc) is 3.04. The van der Waals surface area contributed by atoms with Crippen molar-refractivity contribution in [1.82, 2.24) is 5.32 Å². The molecule has 1 amide bonds. The summed E-state index contributed by atoms with van der Waals surface area (Å²) in [6.45, 7) is 4.66. The van der Waals surface area contributed by atoms with Gasteiger partial charge in [0, 0.05) is 16.6 Å². The second-order valence-electron chi connectivity index (χ2n) is 5.95. The SMILES string of the molecule is C[C@H](NC(=O)CN1c2ccccc2CC[C@@H]1C)c1cccs1. The molecule has 116 valence electrons. The number of carbonyl (C=O) groups excluding carboxylic acids is 1. The minimum Gasteiger partial charge on any atom is -0.359 e. The molecule has 0 saturated heterocycles. The van der Waals surface area contributed by atoms with Gasteiger partial charge < -0.3 is 10.2 Å². The zero-order chi connectivity index (χ0) is 15.5. The number of rotatable bonds is 4. The van der Waals surface area contributed by atoms with Crippen LogP contribution in [0.25, 0.3) is 0 Å². The Morgan fingerprint density at radius 2 is 2.18 bits per heavy atom. The van der Waals surface area contributed by atoms with Gasteiger partial charge in [-0.25, -0.2) is 0 Å². The molecule has 1 aliphatic rings. The Morgan fingerprint density at radius 3 is 2.95 bits per heavy atom. The third kappa shape index (κ3) is 3.17. The van der Waals surface area contributed by atoms with E-state index in [4.69, 9.17) is 0 Å². The Labute approximate surface area is 136 Å². The van der Waals surface area contributed by atoms with Crippen LogP contribution in [0.3, 0.4) is 0 Å². The number of fused-ring (bicyclic) bond motifs is 1. The monoisotopic (exact) mass is 314 g/mol. The van der Waals surface area contributed by atoms with Crippen LogP contribution < -0.4 is 10.2 Å². The predicted octanol–water partition coefficient (Wildman–Crippen LogP) is 3.77. The molecule has 1 aromatic heterocycles. The maximum absolute atomic E-state index is 12.4. The molecule has 2 atom stereocenters. The highest BCUT2D eigenvalue weighted by molar-refractivity contribution is 7.10. The lowest BCUT2D eigenvalue weighted by molar-refractivity contribution is -0.120. The van der Waals surface area contributed by atoms with E-state index in [1.807, 2.05) is 18.4 Å². The predicted molar refractivity (Wildman–Crippen MR) is 92.4 cm³/mol. The van der Waals surface area contributed by atoms with E-state index in [1.165, 1.54) is 16.1 Å². The highest BCUT2D eigenvalue weighted by Crippen LogP contribution is 2.30. The molecule has 0 fully saturated rings. The van der Waals surface area contributed by atoms with Crippen LogP contribution >= 0.6 is 11.3 Å². The smallest absolute Gasteiger partial charge is 0.240 e. The molecule has 0 radical (unpaired) electrons. The van der Waals surface area contributed by atoms with Gasteiger partial charge in [-0.3, -0.25) is 4.79 Å². The van der Waals surface area contributed by atoms with Gasteiger partial charge in [0.1, 0.15) is 0 Å². The standard InChI is InChI=1S/C18H22N2OS/c1-13-9-10-15-6-3-4-7-16(15)20(13)12-18(21)19-14(2)17-8-5-11-22-17/h3-8,11,13-14H,9-10,12H2,1-2H3,(H,19,21)/t13-,14-/m0/s1. The van der Waals surface area contributed by atoms with Crippen LogP contribution in [-0.2, 0) is 11.2 Å². The van der Waals surface area contributed by atoms with Gasteiger partial charge in [0.15, 0.2) is 0 Å². The molecule has 0 unspecified atom stereocenters. The van der Waals surface area contributed by atoms with Gasteiger partial charge in [0.05, 0.1) is 12.6 Å². The summed E-state index contributed by atoms with van der Waals surface area (Å²) in [6, 6.07) is 13.0. The van der Waals surface area contributed by atoms with E-state index >= 15 is 0 Å².